The van der Waals surface area contributed by atoms with E-state index < -0.39 is 12.2 Å². The fourth-order valence-corrected chi connectivity index (χ4v) is 3.13. The minimum absolute atomic E-state index is 0.0311. The van der Waals surface area contributed by atoms with Crippen LogP contribution in [0.15, 0.2) is 0 Å². The molecule has 0 amide bonds. The van der Waals surface area contributed by atoms with Gasteiger partial charge >= 0.3 is 0 Å². The molecular weight excluding hydrogens is 288 g/mol. The van der Waals surface area contributed by atoms with Crippen LogP contribution in [0.3, 0.4) is 0 Å². The molecule has 0 rings (SSSR count). The quantitative estimate of drug-likeness (QED) is 0.360. The van der Waals surface area contributed by atoms with Crippen molar-refractivity contribution in [1.29, 1.82) is 0 Å². The van der Waals surface area contributed by atoms with Gasteiger partial charge in [0.25, 0.3) is 0 Å². The maximum atomic E-state index is 10.1. The fraction of sp³-hybridized carbons (Fsp3) is 1.00. The molecule has 0 bridgehead atoms. The largest absolute Gasteiger partial charge is 0.396 e. The summed E-state index contributed by atoms with van der Waals surface area (Å²) in [5.41, 5.74) is 0. The molecule has 0 unspecified atom stereocenters. The molecule has 0 aliphatic carbocycles. The van der Waals surface area contributed by atoms with Crippen LogP contribution in [0.4, 0.5) is 0 Å². The molecule has 0 radical (unpaired) electrons. The molecule has 0 aromatic heterocycles. The van der Waals surface area contributed by atoms with Gasteiger partial charge in [-0.1, -0.05) is 91.4 Å². The molecule has 0 aliphatic rings. The minimum Gasteiger partial charge on any atom is -0.396 e. The van der Waals surface area contributed by atoms with Gasteiger partial charge in [0.2, 0.25) is 0 Å². The number of hydrogen-bond donors (Lipinski definition) is 3. The molecule has 0 aromatic carbocycles. The highest BCUT2D eigenvalue weighted by Gasteiger charge is 2.26. The van der Waals surface area contributed by atoms with Gasteiger partial charge in [-0.3, -0.25) is 0 Å². The smallest absolute Gasteiger partial charge is 0.0637 e. The van der Waals surface area contributed by atoms with E-state index in [-0.39, 0.29) is 18.4 Å². The van der Waals surface area contributed by atoms with E-state index in [0.29, 0.717) is 0 Å². The van der Waals surface area contributed by atoms with Crippen LogP contribution in [0.1, 0.15) is 97.8 Å². The number of rotatable bonds is 16. The molecule has 0 saturated carbocycles. The Morgan fingerprint density at radius 3 is 1.57 bits per heavy atom. The van der Waals surface area contributed by atoms with Gasteiger partial charge in [-0.2, -0.15) is 0 Å². The van der Waals surface area contributed by atoms with E-state index in [1.54, 1.807) is 0 Å². The number of hydrogen-bond acceptors (Lipinski definition) is 3. The van der Waals surface area contributed by atoms with Crippen molar-refractivity contribution in [2.24, 2.45) is 11.8 Å². The van der Waals surface area contributed by atoms with Crippen LogP contribution in [0.2, 0.25) is 0 Å². The van der Waals surface area contributed by atoms with Crippen molar-refractivity contribution < 1.29 is 15.3 Å². The third-order valence-electron chi connectivity index (χ3n) is 5.12. The number of unbranched alkanes of at least 4 members (excludes halogenated alkanes) is 10. The third-order valence-corrected chi connectivity index (χ3v) is 5.12. The van der Waals surface area contributed by atoms with Crippen molar-refractivity contribution in [1.82, 2.24) is 0 Å². The van der Waals surface area contributed by atoms with Gasteiger partial charge in [0.1, 0.15) is 0 Å². The van der Waals surface area contributed by atoms with Crippen molar-refractivity contribution in [2.75, 3.05) is 6.61 Å². The second-order valence-electron chi connectivity index (χ2n) is 7.40. The van der Waals surface area contributed by atoms with E-state index in [1.165, 1.54) is 64.2 Å². The lowest BCUT2D eigenvalue weighted by molar-refractivity contribution is -0.0226. The first-order valence-electron chi connectivity index (χ1n) is 10.0. The Morgan fingerprint density at radius 2 is 1.13 bits per heavy atom. The molecule has 0 fully saturated rings. The van der Waals surface area contributed by atoms with Crippen LogP contribution in [0.5, 0.6) is 0 Å². The van der Waals surface area contributed by atoms with Gasteiger partial charge in [0.15, 0.2) is 0 Å². The summed E-state index contributed by atoms with van der Waals surface area (Å²) in [6.45, 7) is 5.92. The zero-order valence-electron chi connectivity index (χ0n) is 15.8. The van der Waals surface area contributed by atoms with E-state index in [0.717, 1.165) is 12.8 Å². The van der Waals surface area contributed by atoms with Crippen LogP contribution in [-0.2, 0) is 0 Å². The van der Waals surface area contributed by atoms with Crippen LogP contribution >= 0.6 is 0 Å². The lowest BCUT2D eigenvalue weighted by Gasteiger charge is -2.27. The Bertz CT molecular complexity index is 245. The fourth-order valence-electron chi connectivity index (χ4n) is 3.13. The maximum Gasteiger partial charge on any atom is 0.0637 e. The van der Waals surface area contributed by atoms with Crippen LogP contribution in [0.25, 0.3) is 0 Å². The molecule has 3 N–H and O–H groups in total. The van der Waals surface area contributed by atoms with Crippen LogP contribution < -0.4 is 0 Å². The number of aliphatic hydroxyl groups excluding tert-OH is 3. The van der Waals surface area contributed by atoms with Crippen molar-refractivity contribution in [2.45, 2.75) is 110 Å². The highest BCUT2D eigenvalue weighted by Crippen LogP contribution is 2.20. The van der Waals surface area contributed by atoms with Gasteiger partial charge in [-0.25, -0.2) is 0 Å². The zero-order chi connectivity index (χ0) is 17.5. The lowest BCUT2D eigenvalue weighted by atomic mass is 9.87. The summed E-state index contributed by atoms with van der Waals surface area (Å²) in [5, 5.41) is 29.2. The van der Waals surface area contributed by atoms with Crippen molar-refractivity contribution in [3.63, 3.8) is 0 Å². The second kappa shape index (κ2) is 15.4. The third kappa shape index (κ3) is 12.0. The normalized spacial score (nSPS) is 17.0. The van der Waals surface area contributed by atoms with Crippen molar-refractivity contribution in [3.05, 3.63) is 0 Å². The van der Waals surface area contributed by atoms with E-state index >= 15 is 0 Å². The molecule has 0 spiro atoms. The van der Waals surface area contributed by atoms with Crippen molar-refractivity contribution >= 4 is 0 Å². The highest BCUT2D eigenvalue weighted by molar-refractivity contribution is 4.76. The van der Waals surface area contributed by atoms with Gasteiger partial charge in [0.05, 0.1) is 12.2 Å². The summed E-state index contributed by atoms with van der Waals surface area (Å²) in [6.07, 6.45) is 14.0. The average Bonchev–Trinajstić information content (AvgIpc) is 2.57. The second-order valence-corrected chi connectivity index (χ2v) is 7.40. The summed E-state index contributed by atoms with van der Waals surface area (Å²) in [5.74, 6) is -0.336. The molecular formula is C20H42O3. The standard InChI is InChI=1S/C20H42O3/c1-4-5-6-7-8-9-10-11-12-13-14-15-19(22)18(3)20(23)17(2)16-21/h17-23H,4-16H2,1-3H3/t17-,18-,19+,20-/m0/s1. The summed E-state index contributed by atoms with van der Waals surface area (Å²) in [4.78, 5) is 0. The minimum atomic E-state index is -0.622. The monoisotopic (exact) mass is 330 g/mol. The molecule has 4 atom stereocenters. The summed E-state index contributed by atoms with van der Waals surface area (Å²) >= 11 is 0. The van der Waals surface area contributed by atoms with E-state index in [1.807, 2.05) is 13.8 Å². The Kier molecular flexibility index (Phi) is 15.3. The van der Waals surface area contributed by atoms with Crippen LogP contribution in [-0.4, -0.2) is 34.1 Å². The molecule has 3 heteroatoms. The van der Waals surface area contributed by atoms with Crippen molar-refractivity contribution in [3.8, 4) is 0 Å². The Hall–Kier alpha value is -0.120. The Labute approximate surface area is 144 Å². The predicted molar refractivity (Wildman–Crippen MR) is 98.5 cm³/mol. The van der Waals surface area contributed by atoms with E-state index in [9.17, 15) is 10.2 Å². The van der Waals surface area contributed by atoms with Gasteiger partial charge in [-0.05, 0) is 6.42 Å². The van der Waals surface area contributed by atoms with Gasteiger partial charge in [-0.15, -0.1) is 0 Å². The molecule has 140 valence electrons. The Morgan fingerprint density at radius 1 is 0.696 bits per heavy atom. The topological polar surface area (TPSA) is 60.7 Å². The Balaban J connectivity index is 3.46. The highest BCUT2D eigenvalue weighted by atomic mass is 16.3. The zero-order valence-corrected chi connectivity index (χ0v) is 15.8. The first kappa shape index (κ1) is 22.9. The summed E-state index contributed by atoms with van der Waals surface area (Å²) < 4.78 is 0. The molecule has 0 aliphatic heterocycles. The van der Waals surface area contributed by atoms with E-state index in [4.69, 9.17) is 5.11 Å². The average molecular weight is 331 g/mol. The molecule has 0 aromatic rings. The summed E-state index contributed by atoms with van der Waals surface area (Å²) in [6, 6.07) is 0. The van der Waals surface area contributed by atoms with Crippen LogP contribution in [0, 0.1) is 11.8 Å². The molecule has 0 heterocycles. The van der Waals surface area contributed by atoms with Gasteiger partial charge in [0, 0.05) is 18.4 Å². The van der Waals surface area contributed by atoms with E-state index in [2.05, 4.69) is 6.92 Å². The molecule has 3 nitrogen and oxygen atoms in total. The molecule has 23 heavy (non-hydrogen) atoms. The molecule has 0 saturated heterocycles. The number of aliphatic hydroxyl groups is 3. The first-order chi connectivity index (χ1) is 11.0. The lowest BCUT2D eigenvalue weighted by Crippen LogP contribution is -2.35. The van der Waals surface area contributed by atoms with Gasteiger partial charge < -0.3 is 15.3 Å². The maximum absolute atomic E-state index is 10.1. The predicted octanol–water partition coefficient (Wildman–Crippen LogP) is 4.67. The summed E-state index contributed by atoms with van der Waals surface area (Å²) in [7, 11) is 0. The SMILES string of the molecule is CCCCCCCCCCCCC[C@@H](O)[C@H](C)[C@@H](O)[C@@H](C)CO. The first-order valence-corrected chi connectivity index (χ1v) is 10.0.